The number of rotatable bonds is 8. The quantitative estimate of drug-likeness (QED) is 0.548. The molecule has 140 valence electrons. The van der Waals surface area contributed by atoms with Crippen LogP contribution in [0.4, 0.5) is 5.69 Å². The van der Waals surface area contributed by atoms with Crippen LogP contribution in [0.15, 0.2) is 53.7 Å². The number of H-pyrrole nitrogens is 1. The number of aryl methyl sites for hydroxylation is 1. The van der Waals surface area contributed by atoms with Crippen molar-refractivity contribution in [1.29, 1.82) is 0 Å². The van der Waals surface area contributed by atoms with Gasteiger partial charge in [-0.3, -0.25) is 9.89 Å². The van der Waals surface area contributed by atoms with Gasteiger partial charge in [-0.25, -0.2) is 4.98 Å². The molecular formula is C19H19ClN4O2S. The Balaban J connectivity index is 1.46. The summed E-state index contributed by atoms with van der Waals surface area (Å²) in [5, 5.41) is 10.7. The number of aromatic nitrogens is 3. The molecule has 0 spiro atoms. The van der Waals surface area contributed by atoms with E-state index in [-0.39, 0.29) is 18.3 Å². The lowest BCUT2D eigenvalue weighted by Crippen LogP contribution is -2.14. The number of ether oxygens (including phenoxy) is 1. The van der Waals surface area contributed by atoms with E-state index in [1.54, 1.807) is 12.1 Å². The minimum Gasteiger partial charge on any atom is -0.486 e. The second-order valence-electron chi connectivity index (χ2n) is 5.67. The number of nitrogens with one attached hydrogen (secondary N) is 2. The normalized spacial score (nSPS) is 10.6. The fourth-order valence-electron chi connectivity index (χ4n) is 2.26. The van der Waals surface area contributed by atoms with Crippen LogP contribution in [0.1, 0.15) is 18.3 Å². The summed E-state index contributed by atoms with van der Waals surface area (Å²) in [6.07, 6.45) is 0.993. The number of hydrogen-bond acceptors (Lipinski definition) is 5. The Labute approximate surface area is 166 Å². The number of nitrogens with zero attached hydrogens (tertiary/aromatic N) is 2. The minimum atomic E-state index is -0.174. The lowest BCUT2D eigenvalue weighted by molar-refractivity contribution is -0.113. The smallest absolute Gasteiger partial charge is 0.234 e. The number of aromatic amines is 1. The molecule has 6 nitrogen and oxygen atoms in total. The zero-order valence-corrected chi connectivity index (χ0v) is 16.3. The van der Waals surface area contributed by atoms with Gasteiger partial charge in [-0.1, -0.05) is 54.6 Å². The zero-order valence-electron chi connectivity index (χ0n) is 14.7. The Morgan fingerprint density at radius 3 is 2.74 bits per heavy atom. The SMILES string of the molecule is CCc1ccc(OCc2nc(SCC(=O)Nc3ccccc3Cl)n[nH]2)cc1. The summed E-state index contributed by atoms with van der Waals surface area (Å²) in [6.45, 7) is 2.39. The number of halogens is 1. The monoisotopic (exact) mass is 402 g/mol. The molecule has 0 saturated heterocycles. The number of benzene rings is 2. The molecule has 0 fully saturated rings. The molecule has 2 aromatic carbocycles. The molecule has 1 amide bonds. The number of carbonyl (C=O) groups excluding carboxylic acids is 1. The standard InChI is InChI=1S/C19H19ClN4O2S/c1-2-13-7-9-14(10-8-13)26-11-17-22-19(24-23-17)27-12-18(25)21-16-6-4-3-5-15(16)20/h3-10H,2,11-12H2,1H3,(H,21,25)(H,22,23,24). The highest BCUT2D eigenvalue weighted by Crippen LogP contribution is 2.21. The number of amides is 1. The van der Waals surface area contributed by atoms with Gasteiger partial charge in [-0.05, 0) is 36.2 Å². The molecule has 0 radical (unpaired) electrons. The van der Waals surface area contributed by atoms with E-state index >= 15 is 0 Å². The van der Waals surface area contributed by atoms with Crippen molar-refractivity contribution in [1.82, 2.24) is 15.2 Å². The fourth-order valence-corrected chi connectivity index (χ4v) is 3.06. The molecule has 3 aromatic rings. The third-order valence-corrected chi connectivity index (χ3v) is 4.88. The zero-order chi connectivity index (χ0) is 19.1. The second kappa shape index (κ2) is 9.43. The average molecular weight is 403 g/mol. The van der Waals surface area contributed by atoms with Gasteiger partial charge in [0.2, 0.25) is 11.1 Å². The van der Waals surface area contributed by atoms with Crippen LogP contribution < -0.4 is 10.1 Å². The number of para-hydroxylation sites is 1. The molecule has 0 unspecified atom stereocenters. The van der Waals surface area contributed by atoms with Crippen molar-refractivity contribution in [3.05, 3.63) is 64.9 Å². The molecule has 1 aromatic heterocycles. The Kier molecular flexibility index (Phi) is 6.73. The maximum absolute atomic E-state index is 12.0. The molecule has 0 saturated carbocycles. The van der Waals surface area contributed by atoms with Crippen molar-refractivity contribution >= 4 is 35.0 Å². The first-order valence-corrected chi connectivity index (χ1v) is 9.80. The van der Waals surface area contributed by atoms with Crippen LogP contribution in [0.3, 0.4) is 0 Å². The summed E-state index contributed by atoms with van der Waals surface area (Å²) in [6, 6.07) is 15.0. The summed E-state index contributed by atoms with van der Waals surface area (Å²) in [5.74, 6) is 1.38. The fraction of sp³-hybridized carbons (Fsp3) is 0.211. The van der Waals surface area contributed by atoms with E-state index in [9.17, 15) is 4.79 Å². The van der Waals surface area contributed by atoms with Gasteiger partial charge in [0.05, 0.1) is 16.5 Å². The highest BCUT2D eigenvalue weighted by atomic mass is 35.5. The molecule has 0 aliphatic carbocycles. The van der Waals surface area contributed by atoms with Crippen LogP contribution in [0, 0.1) is 0 Å². The second-order valence-corrected chi connectivity index (χ2v) is 7.02. The van der Waals surface area contributed by atoms with Crippen molar-refractivity contribution in [2.45, 2.75) is 25.1 Å². The lowest BCUT2D eigenvalue weighted by Gasteiger charge is -2.05. The van der Waals surface area contributed by atoms with Gasteiger partial charge >= 0.3 is 0 Å². The molecule has 3 rings (SSSR count). The third kappa shape index (κ3) is 5.74. The van der Waals surface area contributed by atoms with Crippen LogP contribution in [0.5, 0.6) is 5.75 Å². The molecular weight excluding hydrogens is 384 g/mol. The van der Waals surface area contributed by atoms with Crippen molar-refractivity contribution in [3.63, 3.8) is 0 Å². The molecule has 0 atom stereocenters. The number of anilines is 1. The van der Waals surface area contributed by atoms with Crippen LogP contribution in [-0.4, -0.2) is 26.8 Å². The Morgan fingerprint density at radius 2 is 2.00 bits per heavy atom. The molecule has 8 heteroatoms. The van der Waals surface area contributed by atoms with Gasteiger partial charge in [0.1, 0.15) is 12.4 Å². The van der Waals surface area contributed by atoms with Crippen molar-refractivity contribution in [2.24, 2.45) is 0 Å². The number of thioether (sulfide) groups is 1. The Bertz CT molecular complexity index is 899. The van der Waals surface area contributed by atoms with E-state index in [4.69, 9.17) is 16.3 Å². The van der Waals surface area contributed by atoms with Gasteiger partial charge < -0.3 is 10.1 Å². The van der Waals surface area contributed by atoms with Crippen LogP contribution in [0.25, 0.3) is 0 Å². The van der Waals surface area contributed by atoms with Crippen molar-refractivity contribution < 1.29 is 9.53 Å². The molecule has 0 bridgehead atoms. The molecule has 2 N–H and O–H groups in total. The first-order valence-electron chi connectivity index (χ1n) is 8.44. The molecule has 27 heavy (non-hydrogen) atoms. The van der Waals surface area contributed by atoms with Crippen LogP contribution >= 0.6 is 23.4 Å². The summed E-state index contributed by atoms with van der Waals surface area (Å²) in [4.78, 5) is 16.3. The highest BCUT2D eigenvalue weighted by Gasteiger charge is 2.10. The van der Waals surface area contributed by atoms with E-state index < -0.39 is 0 Å². The van der Waals surface area contributed by atoms with Gasteiger partial charge in [-0.15, -0.1) is 5.10 Å². The Morgan fingerprint density at radius 1 is 1.22 bits per heavy atom. The van der Waals surface area contributed by atoms with Crippen LogP contribution in [0.2, 0.25) is 5.02 Å². The predicted molar refractivity (Wildman–Crippen MR) is 107 cm³/mol. The van der Waals surface area contributed by atoms with Gasteiger partial charge in [-0.2, -0.15) is 0 Å². The summed E-state index contributed by atoms with van der Waals surface area (Å²) in [7, 11) is 0. The van der Waals surface area contributed by atoms with E-state index in [0.29, 0.717) is 21.7 Å². The van der Waals surface area contributed by atoms with E-state index in [1.165, 1.54) is 17.3 Å². The number of carbonyl (C=O) groups is 1. The third-order valence-electron chi connectivity index (χ3n) is 3.70. The molecule has 0 aliphatic rings. The first-order chi connectivity index (χ1) is 13.1. The lowest BCUT2D eigenvalue weighted by atomic mass is 10.2. The predicted octanol–water partition coefficient (Wildman–Crippen LogP) is 4.33. The Hall–Kier alpha value is -2.51. The van der Waals surface area contributed by atoms with E-state index in [0.717, 1.165) is 12.2 Å². The molecule has 0 aliphatic heterocycles. The van der Waals surface area contributed by atoms with Gasteiger partial charge in [0, 0.05) is 0 Å². The van der Waals surface area contributed by atoms with Gasteiger partial charge in [0.15, 0.2) is 5.82 Å². The summed E-state index contributed by atoms with van der Waals surface area (Å²) in [5.41, 5.74) is 1.85. The maximum Gasteiger partial charge on any atom is 0.234 e. The summed E-state index contributed by atoms with van der Waals surface area (Å²) < 4.78 is 5.69. The molecule has 1 heterocycles. The largest absolute Gasteiger partial charge is 0.486 e. The highest BCUT2D eigenvalue weighted by molar-refractivity contribution is 7.99. The van der Waals surface area contributed by atoms with Crippen LogP contribution in [-0.2, 0) is 17.8 Å². The van der Waals surface area contributed by atoms with Gasteiger partial charge in [0.25, 0.3) is 0 Å². The van der Waals surface area contributed by atoms with Crippen molar-refractivity contribution in [3.8, 4) is 5.75 Å². The minimum absolute atomic E-state index is 0.174. The van der Waals surface area contributed by atoms with E-state index in [2.05, 4.69) is 27.4 Å². The van der Waals surface area contributed by atoms with Crippen molar-refractivity contribution in [2.75, 3.05) is 11.1 Å². The average Bonchev–Trinajstić information content (AvgIpc) is 3.15. The topological polar surface area (TPSA) is 79.9 Å². The maximum atomic E-state index is 12.0. The first kappa shape index (κ1) is 19.3. The van der Waals surface area contributed by atoms with E-state index in [1.807, 2.05) is 36.4 Å². The number of hydrogen-bond donors (Lipinski definition) is 2. The summed E-state index contributed by atoms with van der Waals surface area (Å²) >= 11 is 7.26.